The summed E-state index contributed by atoms with van der Waals surface area (Å²) >= 11 is 0. The third kappa shape index (κ3) is 2.61. The van der Waals surface area contributed by atoms with E-state index >= 15 is 0 Å². The third-order valence-corrected chi connectivity index (χ3v) is 6.09. The second-order valence-corrected chi connectivity index (χ2v) is 7.47. The third-order valence-electron chi connectivity index (χ3n) is 6.09. The van der Waals surface area contributed by atoms with Gasteiger partial charge in [-0.3, -0.25) is 4.79 Å². The van der Waals surface area contributed by atoms with Crippen LogP contribution in [0, 0.1) is 11.7 Å². The average Bonchev–Trinajstić information content (AvgIpc) is 3.14. The Kier molecular flexibility index (Phi) is 4.25. The number of nitrogens with one attached hydrogen (secondary N) is 1. The van der Waals surface area contributed by atoms with Crippen LogP contribution in [0.25, 0.3) is 5.69 Å². The summed E-state index contributed by atoms with van der Waals surface area (Å²) in [5, 5.41) is 3.61. The molecule has 4 rings (SSSR count). The maximum absolute atomic E-state index is 13.8. The van der Waals surface area contributed by atoms with Gasteiger partial charge in [0, 0.05) is 30.9 Å². The lowest BCUT2D eigenvalue weighted by Crippen LogP contribution is -2.52. The predicted molar refractivity (Wildman–Crippen MR) is 101 cm³/mol. The summed E-state index contributed by atoms with van der Waals surface area (Å²) in [6, 6.07) is 9.07. The molecule has 26 heavy (non-hydrogen) atoms. The lowest BCUT2D eigenvalue weighted by Gasteiger charge is -2.46. The zero-order chi connectivity index (χ0) is 18.3. The van der Waals surface area contributed by atoms with Gasteiger partial charge in [0.2, 0.25) is 5.91 Å². The molecule has 0 bridgehead atoms. The zero-order valence-corrected chi connectivity index (χ0v) is 15.5. The number of carbonyl (C=O) groups is 1. The summed E-state index contributed by atoms with van der Waals surface area (Å²) in [5.74, 6) is 0.174. The molecule has 1 amide bonds. The van der Waals surface area contributed by atoms with Crippen LogP contribution in [0.1, 0.15) is 45.2 Å². The van der Waals surface area contributed by atoms with Gasteiger partial charge in [-0.15, -0.1) is 0 Å². The smallest absolute Gasteiger partial charge is 0.225 e. The normalized spacial score (nSPS) is 17.8. The van der Waals surface area contributed by atoms with E-state index in [1.807, 2.05) is 23.2 Å². The van der Waals surface area contributed by atoms with E-state index in [0.717, 1.165) is 50.1 Å². The lowest BCUT2D eigenvalue weighted by atomic mass is 9.82. The van der Waals surface area contributed by atoms with Gasteiger partial charge in [0.15, 0.2) is 0 Å². The number of fused-ring (bicyclic) bond motifs is 4. The van der Waals surface area contributed by atoms with Crippen LogP contribution in [-0.4, -0.2) is 28.5 Å². The maximum atomic E-state index is 13.8. The molecule has 2 aliphatic heterocycles. The largest absolute Gasteiger partial charge is 0.372 e. The summed E-state index contributed by atoms with van der Waals surface area (Å²) in [4.78, 5) is 14.7. The van der Waals surface area contributed by atoms with Gasteiger partial charge in [-0.1, -0.05) is 13.8 Å². The molecule has 1 aromatic carbocycles. The van der Waals surface area contributed by atoms with E-state index in [2.05, 4.69) is 29.8 Å². The monoisotopic (exact) mass is 355 g/mol. The van der Waals surface area contributed by atoms with Gasteiger partial charge in [0.25, 0.3) is 0 Å². The van der Waals surface area contributed by atoms with E-state index in [0.29, 0.717) is 0 Å². The molecular weight excluding hydrogens is 329 g/mol. The first kappa shape index (κ1) is 17.1. The van der Waals surface area contributed by atoms with Gasteiger partial charge in [-0.2, -0.15) is 0 Å². The minimum Gasteiger partial charge on any atom is -0.372 e. The highest BCUT2D eigenvalue weighted by molar-refractivity contribution is 5.79. The van der Waals surface area contributed by atoms with Crippen LogP contribution in [0.3, 0.4) is 0 Å². The van der Waals surface area contributed by atoms with Gasteiger partial charge in [0.1, 0.15) is 5.82 Å². The van der Waals surface area contributed by atoms with Gasteiger partial charge >= 0.3 is 0 Å². The second kappa shape index (κ2) is 6.45. The van der Waals surface area contributed by atoms with E-state index in [4.69, 9.17) is 0 Å². The Labute approximate surface area is 154 Å². The molecule has 1 aromatic heterocycles. The number of carbonyl (C=O) groups excluding carboxylic acids is 1. The number of anilines is 1. The fourth-order valence-electron chi connectivity index (χ4n) is 4.51. The van der Waals surface area contributed by atoms with E-state index in [9.17, 15) is 9.18 Å². The Bertz CT molecular complexity index is 816. The summed E-state index contributed by atoms with van der Waals surface area (Å²) in [6.45, 7) is 5.63. The van der Waals surface area contributed by atoms with Crippen molar-refractivity contribution in [2.45, 2.75) is 45.1 Å². The summed E-state index contributed by atoms with van der Waals surface area (Å²) in [7, 11) is 0. The van der Waals surface area contributed by atoms with Gasteiger partial charge in [-0.05, 0) is 56.0 Å². The molecule has 1 saturated heterocycles. The van der Waals surface area contributed by atoms with Crippen molar-refractivity contribution >= 4 is 11.6 Å². The van der Waals surface area contributed by atoms with E-state index in [1.54, 1.807) is 6.07 Å². The molecule has 3 heterocycles. The van der Waals surface area contributed by atoms with Crippen LogP contribution in [0.15, 0.2) is 36.5 Å². The number of rotatable bonds is 3. The number of likely N-dealkylation sites (tertiary alicyclic amines) is 1. The fourth-order valence-corrected chi connectivity index (χ4v) is 4.51. The number of hydrogen-bond donors (Lipinski definition) is 1. The summed E-state index contributed by atoms with van der Waals surface area (Å²) in [6.07, 6.45) is 5.49. The van der Waals surface area contributed by atoms with Crippen LogP contribution < -0.4 is 5.32 Å². The molecule has 1 N–H and O–H groups in total. The molecule has 0 saturated carbocycles. The van der Waals surface area contributed by atoms with Crippen LogP contribution in [0.2, 0.25) is 0 Å². The van der Waals surface area contributed by atoms with Crippen LogP contribution >= 0.6 is 0 Å². The number of aromatic nitrogens is 1. The first-order chi connectivity index (χ1) is 12.6. The molecule has 5 heteroatoms. The molecule has 0 aliphatic carbocycles. The Morgan fingerprint density at radius 2 is 1.96 bits per heavy atom. The van der Waals surface area contributed by atoms with Crippen LogP contribution in [0.5, 0.6) is 0 Å². The molecular formula is C21H26FN3O. The fraction of sp³-hybridized carbons (Fsp3) is 0.476. The summed E-state index contributed by atoms with van der Waals surface area (Å²) < 4.78 is 15.9. The zero-order valence-electron chi connectivity index (χ0n) is 15.5. The van der Waals surface area contributed by atoms with Crippen molar-refractivity contribution in [2.75, 3.05) is 18.4 Å². The first-order valence-corrected chi connectivity index (χ1v) is 9.62. The highest BCUT2D eigenvalue weighted by Crippen LogP contribution is 2.43. The van der Waals surface area contributed by atoms with E-state index in [-0.39, 0.29) is 23.2 Å². The maximum Gasteiger partial charge on any atom is 0.225 e. The van der Waals surface area contributed by atoms with Crippen molar-refractivity contribution in [1.82, 2.24) is 9.47 Å². The molecule has 0 radical (unpaired) electrons. The number of halogens is 1. The number of amides is 1. The molecule has 0 atom stereocenters. The molecule has 1 spiro atoms. The minimum absolute atomic E-state index is 0.127. The molecule has 0 unspecified atom stereocenters. The Morgan fingerprint density at radius 3 is 2.65 bits per heavy atom. The van der Waals surface area contributed by atoms with E-state index < -0.39 is 0 Å². The molecule has 2 aliphatic rings. The SMILES string of the molecule is CCC(CC)C(=O)N1CCC2(CC1)Nc1cc(F)ccc1-n1cccc12. The van der Waals surface area contributed by atoms with Crippen molar-refractivity contribution in [3.63, 3.8) is 0 Å². The summed E-state index contributed by atoms with van der Waals surface area (Å²) in [5.41, 5.74) is 2.77. The Balaban J connectivity index is 1.61. The topological polar surface area (TPSA) is 37.3 Å². The molecule has 1 fully saturated rings. The standard InChI is InChI=1S/C21H26FN3O/c1-3-15(4-2)20(26)24-12-9-21(10-13-24)19-6-5-11-25(19)18-8-7-16(22)14-17(18)23-21/h5-8,11,14-15,23H,3-4,9-10,12-13H2,1-2H3. The lowest BCUT2D eigenvalue weighted by molar-refractivity contribution is -0.137. The second-order valence-electron chi connectivity index (χ2n) is 7.47. The highest BCUT2D eigenvalue weighted by atomic mass is 19.1. The van der Waals surface area contributed by atoms with Gasteiger partial charge in [-0.25, -0.2) is 4.39 Å². The van der Waals surface area contributed by atoms with Crippen molar-refractivity contribution in [3.8, 4) is 5.69 Å². The number of hydrogen-bond acceptors (Lipinski definition) is 2. The number of benzene rings is 1. The van der Waals surface area contributed by atoms with Crippen molar-refractivity contribution < 1.29 is 9.18 Å². The van der Waals surface area contributed by atoms with Crippen LogP contribution in [0.4, 0.5) is 10.1 Å². The number of piperidine rings is 1. The number of nitrogens with zero attached hydrogens (tertiary/aromatic N) is 2. The first-order valence-electron chi connectivity index (χ1n) is 9.62. The average molecular weight is 355 g/mol. The van der Waals surface area contributed by atoms with E-state index in [1.165, 1.54) is 11.8 Å². The molecule has 138 valence electrons. The van der Waals surface area contributed by atoms with Crippen molar-refractivity contribution in [1.29, 1.82) is 0 Å². The van der Waals surface area contributed by atoms with Gasteiger partial charge in [0.05, 0.1) is 16.9 Å². The van der Waals surface area contributed by atoms with Crippen LogP contribution in [-0.2, 0) is 10.3 Å². The Morgan fingerprint density at radius 1 is 1.23 bits per heavy atom. The Hall–Kier alpha value is -2.30. The highest BCUT2D eigenvalue weighted by Gasteiger charge is 2.42. The minimum atomic E-state index is -0.241. The molecule has 4 nitrogen and oxygen atoms in total. The molecule has 2 aromatic rings. The van der Waals surface area contributed by atoms with Crippen molar-refractivity contribution in [2.24, 2.45) is 5.92 Å². The quantitative estimate of drug-likeness (QED) is 0.891. The van der Waals surface area contributed by atoms with Gasteiger partial charge < -0.3 is 14.8 Å². The predicted octanol–water partition coefficient (Wildman–Crippen LogP) is 4.30. The van der Waals surface area contributed by atoms with Crippen molar-refractivity contribution in [3.05, 3.63) is 48.0 Å².